The van der Waals surface area contributed by atoms with Gasteiger partial charge in [-0.15, -0.1) is 0 Å². The Bertz CT molecular complexity index is 527. The van der Waals surface area contributed by atoms with Crippen LogP contribution in [0.3, 0.4) is 0 Å². The Morgan fingerprint density at radius 2 is 1.78 bits per heavy atom. The summed E-state index contributed by atoms with van der Waals surface area (Å²) >= 11 is 1.54. The summed E-state index contributed by atoms with van der Waals surface area (Å²) in [5.74, 6) is -2.06. The number of nitrogens with one attached hydrogen (secondary N) is 2. The summed E-state index contributed by atoms with van der Waals surface area (Å²) in [6, 6.07) is -3.33. The fraction of sp³-hybridized carbons (Fsp3) is 0.733. The summed E-state index contributed by atoms with van der Waals surface area (Å²) in [4.78, 5) is 39.6. The second-order valence-electron chi connectivity index (χ2n) is 5.96. The molecule has 12 heteroatoms. The molecule has 0 radical (unpaired) electrons. The summed E-state index contributed by atoms with van der Waals surface area (Å²) in [5, 5.41) is 23.3. The van der Waals surface area contributed by atoms with Crippen LogP contribution in [0.15, 0.2) is 4.99 Å². The molecule has 0 aliphatic carbocycles. The van der Waals surface area contributed by atoms with Gasteiger partial charge in [-0.3, -0.25) is 14.6 Å². The fourth-order valence-corrected chi connectivity index (χ4v) is 2.56. The second kappa shape index (κ2) is 13.2. The monoisotopic (exact) mass is 406 g/mol. The van der Waals surface area contributed by atoms with Crippen LogP contribution in [-0.2, 0) is 14.4 Å². The lowest BCUT2D eigenvalue weighted by atomic mass is 10.1. The molecule has 0 bridgehead atoms. The lowest BCUT2D eigenvalue weighted by molar-refractivity contribution is -0.145. The molecule has 0 saturated heterocycles. The van der Waals surface area contributed by atoms with Gasteiger partial charge in [-0.25, -0.2) is 4.79 Å². The zero-order chi connectivity index (χ0) is 21.0. The van der Waals surface area contributed by atoms with Crippen LogP contribution >= 0.6 is 11.8 Å². The van der Waals surface area contributed by atoms with Gasteiger partial charge in [0.05, 0.1) is 12.1 Å². The number of hydrogen-bond acceptors (Lipinski definition) is 7. The number of guanidine groups is 1. The van der Waals surface area contributed by atoms with Gasteiger partial charge in [0.25, 0.3) is 0 Å². The third-order valence-electron chi connectivity index (χ3n) is 3.59. The highest BCUT2D eigenvalue weighted by Gasteiger charge is 2.30. The van der Waals surface area contributed by atoms with E-state index < -0.39 is 42.0 Å². The first-order valence-electron chi connectivity index (χ1n) is 8.41. The highest BCUT2D eigenvalue weighted by molar-refractivity contribution is 7.98. The minimum Gasteiger partial charge on any atom is -0.480 e. The average molecular weight is 407 g/mol. The second-order valence-corrected chi connectivity index (χ2v) is 6.95. The molecule has 0 heterocycles. The number of nitrogens with two attached hydrogens (primary N) is 3. The molecule has 0 saturated carbocycles. The largest absolute Gasteiger partial charge is 0.480 e. The quantitative estimate of drug-likeness (QED) is 0.0983. The molecular weight excluding hydrogens is 376 g/mol. The summed E-state index contributed by atoms with van der Waals surface area (Å²) in [5.41, 5.74) is 16.3. The molecule has 0 spiro atoms. The van der Waals surface area contributed by atoms with Gasteiger partial charge in [0.15, 0.2) is 12.0 Å². The summed E-state index contributed by atoms with van der Waals surface area (Å²) in [6.45, 7) is 1.48. The van der Waals surface area contributed by atoms with E-state index in [9.17, 15) is 19.5 Å². The van der Waals surface area contributed by atoms with Crippen LogP contribution in [0.4, 0.5) is 0 Å². The smallest absolute Gasteiger partial charge is 0.328 e. The molecule has 0 rings (SSSR count). The van der Waals surface area contributed by atoms with Crippen molar-refractivity contribution < 1.29 is 24.6 Å². The van der Waals surface area contributed by atoms with Crippen molar-refractivity contribution in [3.63, 3.8) is 0 Å². The molecule has 0 aromatic heterocycles. The Kier molecular flexibility index (Phi) is 12.2. The van der Waals surface area contributed by atoms with Crippen molar-refractivity contribution in [3.8, 4) is 0 Å². The van der Waals surface area contributed by atoms with E-state index >= 15 is 0 Å². The first kappa shape index (κ1) is 24.9. The predicted octanol–water partition coefficient (Wildman–Crippen LogP) is -2.44. The van der Waals surface area contributed by atoms with Crippen molar-refractivity contribution in [2.45, 2.75) is 50.4 Å². The zero-order valence-corrected chi connectivity index (χ0v) is 16.4. The first-order valence-corrected chi connectivity index (χ1v) is 9.81. The van der Waals surface area contributed by atoms with Gasteiger partial charge >= 0.3 is 5.97 Å². The summed E-state index contributed by atoms with van der Waals surface area (Å²) < 4.78 is 0. The number of aliphatic carboxylic acids is 1. The van der Waals surface area contributed by atoms with E-state index in [2.05, 4.69) is 15.6 Å². The Labute approximate surface area is 162 Å². The molecule has 2 amide bonds. The lowest BCUT2D eigenvalue weighted by Gasteiger charge is -2.23. The van der Waals surface area contributed by atoms with E-state index in [-0.39, 0.29) is 18.9 Å². The minimum absolute atomic E-state index is 0.0980. The van der Waals surface area contributed by atoms with E-state index in [1.807, 2.05) is 6.26 Å². The standard InChI is InChI=1S/C15H30N6O5S/c1-8(22)11(14(25)26)21-13(24)10(4-3-6-19-15(17)18)20-12(23)9(16)5-7-27-2/h8-11,22H,3-7,16H2,1-2H3,(H,20,23)(H,21,24)(H,25,26)(H4,17,18,19). The number of aliphatic imine (C=N–C) groups is 1. The number of hydrogen-bond donors (Lipinski definition) is 7. The van der Waals surface area contributed by atoms with Crippen molar-refractivity contribution in [3.05, 3.63) is 0 Å². The Hall–Kier alpha value is -2.05. The predicted molar refractivity (Wildman–Crippen MR) is 104 cm³/mol. The van der Waals surface area contributed by atoms with E-state index in [1.165, 1.54) is 18.7 Å². The van der Waals surface area contributed by atoms with Crippen molar-refractivity contribution in [2.75, 3.05) is 18.6 Å². The number of amides is 2. The third-order valence-corrected chi connectivity index (χ3v) is 4.24. The SMILES string of the molecule is CSCCC(N)C(=O)NC(CCCN=C(N)N)C(=O)NC(C(=O)O)C(C)O. The number of carboxylic acid groups (broad SMARTS) is 1. The average Bonchev–Trinajstić information content (AvgIpc) is 2.58. The fourth-order valence-electron chi connectivity index (χ4n) is 2.07. The number of rotatable bonds is 13. The maximum atomic E-state index is 12.4. The molecule has 11 nitrogen and oxygen atoms in total. The third kappa shape index (κ3) is 10.6. The number of aliphatic hydroxyl groups is 1. The van der Waals surface area contributed by atoms with Gasteiger partial charge in [0.1, 0.15) is 6.04 Å². The van der Waals surface area contributed by atoms with E-state index in [0.29, 0.717) is 18.6 Å². The van der Waals surface area contributed by atoms with Crippen molar-refractivity contribution in [1.82, 2.24) is 10.6 Å². The van der Waals surface area contributed by atoms with Gasteiger partial charge in [-0.2, -0.15) is 11.8 Å². The van der Waals surface area contributed by atoms with Crippen molar-refractivity contribution in [2.24, 2.45) is 22.2 Å². The van der Waals surface area contributed by atoms with Gasteiger partial charge in [-0.1, -0.05) is 0 Å². The molecule has 4 unspecified atom stereocenters. The number of nitrogens with zero attached hydrogens (tertiary/aromatic N) is 1. The molecule has 0 aliphatic rings. The zero-order valence-electron chi connectivity index (χ0n) is 15.6. The molecule has 10 N–H and O–H groups in total. The van der Waals surface area contributed by atoms with Crippen LogP contribution in [0.25, 0.3) is 0 Å². The van der Waals surface area contributed by atoms with E-state index in [1.54, 1.807) is 0 Å². The molecular formula is C15H30N6O5S. The molecule has 0 aromatic carbocycles. The van der Waals surface area contributed by atoms with Gasteiger partial charge in [-0.05, 0) is 38.2 Å². The number of carbonyl (C=O) groups excluding carboxylic acids is 2. The molecule has 4 atom stereocenters. The van der Waals surface area contributed by atoms with E-state index in [0.717, 1.165) is 0 Å². The van der Waals surface area contributed by atoms with Crippen molar-refractivity contribution >= 4 is 35.5 Å². The van der Waals surface area contributed by atoms with Crippen LogP contribution in [-0.4, -0.2) is 76.7 Å². The number of carboxylic acids is 1. The molecule has 0 aliphatic heterocycles. The Balaban J connectivity index is 5.04. The van der Waals surface area contributed by atoms with Crippen LogP contribution in [0, 0.1) is 0 Å². The van der Waals surface area contributed by atoms with Crippen molar-refractivity contribution in [1.29, 1.82) is 0 Å². The highest BCUT2D eigenvalue weighted by Crippen LogP contribution is 2.04. The van der Waals surface area contributed by atoms with Crippen LogP contribution in [0.1, 0.15) is 26.2 Å². The van der Waals surface area contributed by atoms with Gasteiger partial charge < -0.3 is 38.0 Å². The molecule has 0 fully saturated rings. The number of carbonyl (C=O) groups is 3. The lowest BCUT2D eigenvalue weighted by Crippen LogP contribution is -2.56. The highest BCUT2D eigenvalue weighted by atomic mass is 32.2. The maximum Gasteiger partial charge on any atom is 0.328 e. The normalized spacial score (nSPS) is 15.1. The van der Waals surface area contributed by atoms with Crippen LogP contribution in [0.5, 0.6) is 0 Å². The molecule has 0 aromatic rings. The topological polar surface area (TPSA) is 206 Å². The van der Waals surface area contributed by atoms with Crippen LogP contribution in [0.2, 0.25) is 0 Å². The van der Waals surface area contributed by atoms with Crippen LogP contribution < -0.4 is 27.8 Å². The minimum atomic E-state index is -1.50. The molecule has 156 valence electrons. The first-order chi connectivity index (χ1) is 12.6. The molecule has 27 heavy (non-hydrogen) atoms. The summed E-state index contributed by atoms with van der Waals surface area (Å²) in [6.07, 6.45) is 1.53. The summed E-state index contributed by atoms with van der Waals surface area (Å²) in [7, 11) is 0. The number of thioether (sulfide) groups is 1. The Morgan fingerprint density at radius 3 is 2.26 bits per heavy atom. The maximum absolute atomic E-state index is 12.4. The Morgan fingerprint density at radius 1 is 1.15 bits per heavy atom. The van der Waals surface area contributed by atoms with E-state index in [4.69, 9.17) is 22.3 Å². The van der Waals surface area contributed by atoms with Gasteiger partial charge in [0, 0.05) is 6.54 Å². The van der Waals surface area contributed by atoms with Gasteiger partial charge in [0.2, 0.25) is 11.8 Å². The number of aliphatic hydroxyl groups excluding tert-OH is 1.